The maximum Gasteiger partial charge on any atom is 0.237 e. The molecule has 4 heteroatoms. The van der Waals surface area contributed by atoms with Gasteiger partial charge in [0.25, 0.3) is 0 Å². The minimum Gasteiger partial charge on any atom is -0.325 e. The molecule has 1 N–H and O–H groups in total. The molecule has 0 aliphatic carbocycles. The maximum atomic E-state index is 12.2. The molecule has 0 saturated heterocycles. The third-order valence-electron chi connectivity index (χ3n) is 2.96. The van der Waals surface area contributed by atoms with Crippen LogP contribution in [0.15, 0.2) is 59.5 Å². The number of carbonyl (C=O) groups excluding carboxylic acids is 2. The van der Waals surface area contributed by atoms with Crippen molar-refractivity contribution in [1.29, 1.82) is 0 Å². The third-order valence-corrected chi connectivity index (χ3v) is 4.07. The quantitative estimate of drug-likeness (QED) is 0.670. The first-order chi connectivity index (χ1) is 10.1. The maximum absolute atomic E-state index is 12.2. The zero-order valence-electron chi connectivity index (χ0n) is 12.0. The molecule has 0 heterocycles. The first-order valence-electron chi connectivity index (χ1n) is 6.70. The number of carbonyl (C=O) groups is 2. The first kappa shape index (κ1) is 15.3. The second-order valence-corrected chi connectivity index (χ2v) is 6.11. The van der Waals surface area contributed by atoms with E-state index in [0.29, 0.717) is 11.3 Å². The number of Topliss-reactive ketones (excluding diaryl/α,β-unsaturated/α-hetero) is 1. The van der Waals surface area contributed by atoms with Crippen LogP contribution in [0, 0.1) is 0 Å². The zero-order chi connectivity index (χ0) is 15.2. The summed E-state index contributed by atoms with van der Waals surface area (Å²) in [5, 5.41) is 2.63. The van der Waals surface area contributed by atoms with Gasteiger partial charge < -0.3 is 5.32 Å². The largest absolute Gasteiger partial charge is 0.325 e. The van der Waals surface area contributed by atoms with Gasteiger partial charge in [-0.2, -0.15) is 0 Å². The number of benzene rings is 2. The molecule has 3 nitrogen and oxygen atoms in total. The number of amides is 1. The van der Waals surface area contributed by atoms with Crippen molar-refractivity contribution in [3.8, 4) is 0 Å². The van der Waals surface area contributed by atoms with Crippen LogP contribution in [0.25, 0.3) is 0 Å². The standard InChI is InChI=1S/C17H17NO2S/c1-12(19)14-7-6-8-15(11-14)18-17(20)13(2)21-16-9-4-3-5-10-16/h3-11,13H,1-2H3,(H,18,20)/t13-/m0/s1. The summed E-state index contributed by atoms with van der Waals surface area (Å²) in [6, 6.07) is 16.8. The normalized spacial score (nSPS) is 11.7. The average Bonchev–Trinajstić information content (AvgIpc) is 2.48. The molecule has 1 atom stereocenters. The van der Waals surface area contributed by atoms with Gasteiger partial charge in [-0.05, 0) is 38.1 Å². The number of hydrogen-bond acceptors (Lipinski definition) is 3. The fraction of sp³-hybridized carbons (Fsp3) is 0.176. The van der Waals surface area contributed by atoms with Crippen molar-refractivity contribution in [3.05, 3.63) is 60.2 Å². The summed E-state index contributed by atoms with van der Waals surface area (Å²) in [4.78, 5) is 24.6. The summed E-state index contributed by atoms with van der Waals surface area (Å²) in [5.74, 6) is -0.0950. The Morgan fingerprint density at radius 3 is 2.43 bits per heavy atom. The summed E-state index contributed by atoms with van der Waals surface area (Å²) >= 11 is 1.50. The molecule has 2 rings (SSSR count). The molecule has 2 aromatic carbocycles. The Hall–Kier alpha value is -2.07. The monoisotopic (exact) mass is 299 g/mol. The molecule has 0 bridgehead atoms. The Morgan fingerprint density at radius 1 is 1.05 bits per heavy atom. The van der Waals surface area contributed by atoms with Crippen LogP contribution in [0.4, 0.5) is 5.69 Å². The second kappa shape index (κ2) is 7.09. The predicted molar refractivity (Wildman–Crippen MR) is 86.8 cm³/mol. The molecule has 0 spiro atoms. The summed E-state index contributed by atoms with van der Waals surface area (Å²) in [6.45, 7) is 3.37. The van der Waals surface area contributed by atoms with Gasteiger partial charge in [-0.1, -0.05) is 30.3 Å². The number of nitrogens with one attached hydrogen (secondary N) is 1. The van der Waals surface area contributed by atoms with E-state index < -0.39 is 0 Å². The molecular weight excluding hydrogens is 282 g/mol. The first-order valence-corrected chi connectivity index (χ1v) is 7.58. The van der Waals surface area contributed by atoms with Gasteiger partial charge in [0, 0.05) is 16.1 Å². The predicted octanol–water partition coefficient (Wildman–Crippen LogP) is 4.01. The number of hydrogen-bond donors (Lipinski definition) is 1. The van der Waals surface area contributed by atoms with Crippen LogP contribution >= 0.6 is 11.8 Å². The van der Waals surface area contributed by atoms with Crippen molar-refractivity contribution in [2.75, 3.05) is 5.32 Å². The minimum absolute atomic E-state index is 0.0159. The molecule has 2 aromatic rings. The van der Waals surface area contributed by atoms with Crippen molar-refractivity contribution < 1.29 is 9.59 Å². The molecular formula is C17H17NO2S. The summed E-state index contributed by atoms with van der Waals surface area (Å²) in [5.41, 5.74) is 1.24. The SMILES string of the molecule is CC(=O)c1cccc(NC(=O)[C@H](C)Sc2ccccc2)c1. The van der Waals surface area contributed by atoms with Gasteiger partial charge in [0.2, 0.25) is 5.91 Å². The Kier molecular flexibility index (Phi) is 5.17. The van der Waals surface area contributed by atoms with E-state index in [4.69, 9.17) is 0 Å². The minimum atomic E-state index is -0.214. The van der Waals surface area contributed by atoms with Crippen molar-refractivity contribution in [2.45, 2.75) is 24.0 Å². The Morgan fingerprint density at radius 2 is 1.76 bits per heavy atom. The fourth-order valence-corrected chi connectivity index (χ4v) is 2.71. The van der Waals surface area contributed by atoms with Crippen molar-refractivity contribution in [2.24, 2.45) is 0 Å². The van der Waals surface area contributed by atoms with Crippen LogP contribution in [0.1, 0.15) is 24.2 Å². The lowest BCUT2D eigenvalue weighted by molar-refractivity contribution is -0.115. The number of ketones is 1. The molecule has 108 valence electrons. The van der Waals surface area contributed by atoms with Gasteiger partial charge in [-0.25, -0.2) is 0 Å². The van der Waals surface area contributed by atoms with Gasteiger partial charge in [0.05, 0.1) is 5.25 Å². The molecule has 0 radical (unpaired) electrons. The van der Waals surface area contributed by atoms with Gasteiger partial charge >= 0.3 is 0 Å². The summed E-state index contributed by atoms with van der Waals surface area (Å²) in [7, 11) is 0. The molecule has 0 aliphatic heterocycles. The lowest BCUT2D eigenvalue weighted by atomic mass is 10.1. The van der Waals surface area contributed by atoms with Gasteiger partial charge in [0.15, 0.2) is 5.78 Å². The Labute approximate surface area is 128 Å². The summed E-state index contributed by atoms with van der Waals surface area (Å²) in [6.07, 6.45) is 0. The molecule has 0 fully saturated rings. The number of thioether (sulfide) groups is 1. The topological polar surface area (TPSA) is 46.2 Å². The Balaban J connectivity index is 2.00. The highest BCUT2D eigenvalue weighted by Crippen LogP contribution is 2.23. The van der Waals surface area contributed by atoms with Gasteiger partial charge in [-0.15, -0.1) is 11.8 Å². The number of rotatable bonds is 5. The van der Waals surface area contributed by atoms with Crippen LogP contribution < -0.4 is 5.32 Å². The molecule has 0 aromatic heterocycles. The lowest BCUT2D eigenvalue weighted by Gasteiger charge is -2.12. The van der Waals surface area contributed by atoms with E-state index in [1.165, 1.54) is 18.7 Å². The molecule has 0 aliphatic rings. The fourth-order valence-electron chi connectivity index (χ4n) is 1.82. The van der Waals surface area contributed by atoms with E-state index in [9.17, 15) is 9.59 Å². The van der Waals surface area contributed by atoms with Crippen LogP contribution in [-0.2, 0) is 4.79 Å². The molecule has 0 saturated carbocycles. The van der Waals surface area contributed by atoms with Crippen molar-refractivity contribution in [3.63, 3.8) is 0 Å². The van der Waals surface area contributed by atoms with Crippen LogP contribution in [-0.4, -0.2) is 16.9 Å². The summed E-state index contributed by atoms with van der Waals surface area (Å²) < 4.78 is 0. The molecule has 0 unspecified atom stereocenters. The smallest absolute Gasteiger partial charge is 0.237 e. The second-order valence-electron chi connectivity index (χ2n) is 4.70. The number of anilines is 1. The van der Waals surface area contributed by atoms with E-state index in [2.05, 4.69) is 5.32 Å². The highest BCUT2D eigenvalue weighted by Gasteiger charge is 2.14. The van der Waals surface area contributed by atoms with E-state index in [-0.39, 0.29) is 16.9 Å². The average molecular weight is 299 g/mol. The van der Waals surface area contributed by atoms with Crippen molar-refractivity contribution >= 4 is 29.1 Å². The van der Waals surface area contributed by atoms with Crippen LogP contribution in [0.3, 0.4) is 0 Å². The van der Waals surface area contributed by atoms with Crippen LogP contribution in [0.2, 0.25) is 0 Å². The van der Waals surface area contributed by atoms with Gasteiger partial charge in [-0.3, -0.25) is 9.59 Å². The van der Waals surface area contributed by atoms with E-state index in [1.54, 1.807) is 24.3 Å². The van der Waals surface area contributed by atoms with E-state index in [1.807, 2.05) is 37.3 Å². The van der Waals surface area contributed by atoms with Crippen LogP contribution in [0.5, 0.6) is 0 Å². The highest BCUT2D eigenvalue weighted by molar-refractivity contribution is 8.00. The molecule has 21 heavy (non-hydrogen) atoms. The van der Waals surface area contributed by atoms with E-state index in [0.717, 1.165) is 4.90 Å². The zero-order valence-corrected chi connectivity index (χ0v) is 12.8. The Bertz CT molecular complexity index is 640. The van der Waals surface area contributed by atoms with E-state index >= 15 is 0 Å². The molecule has 1 amide bonds. The van der Waals surface area contributed by atoms with Gasteiger partial charge in [0.1, 0.15) is 0 Å². The van der Waals surface area contributed by atoms with Crippen molar-refractivity contribution in [1.82, 2.24) is 0 Å². The highest BCUT2D eigenvalue weighted by atomic mass is 32.2. The lowest BCUT2D eigenvalue weighted by Crippen LogP contribution is -2.22. The third kappa shape index (κ3) is 4.46.